The van der Waals surface area contributed by atoms with Gasteiger partial charge in [0, 0.05) is 67.3 Å². The van der Waals surface area contributed by atoms with Crippen LogP contribution in [0.15, 0.2) is 0 Å². The lowest BCUT2D eigenvalue weighted by Crippen LogP contribution is -2.62. The molecule has 2 aliphatic heterocycles. The van der Waals surface area contributed by atoms with Crippen molar-refractivity contribution in [2.75, 3.05) is 26.3 Å². The second-order valence-electron chi connectivity index (χ2n) is 18.9. The van der Waals surface area contributed by atoms with E-state index in [9.17, 15) is 9.59 Å². The Morgan fingerprint density at radius 2 is 1.00 bits per heavy atom. The summed E-state index contributed by atoms with van der Waals surface area (Å²) in [6, 6.07) is 0. The van der Waals surface area contributed by atoms with E-state index in [1.54, 1.807) is 0 Å². The van der Waals surface area contributed by atoms with E-state index in [2.05, 4.69) is 79.2 Å². The molecule has 0 saturated carbocycles. The summed E-state index contributed by atoms with van der Waals surface area (Å²) in [6.07, 6.45) is 24.0. The summed E-state index contributed by atoms with van der Waals surface area (Å²) in [4.78, 5) is 34.5. The summed E-state index contributed by atoms with van der Waals surface area (Å²) < 4.78 is 12.5. The number of likely N-dealkylation sites (tertiary alicyclic amines) is 1. The van der Waals surface area contributed by atoms with Crippen LogP contribution in [0.1, 0.15) is 210 Å². The molecule has 0 radical (unpaired) electrons. The normalized spacial score (nSPS) is 20.5. The van der Waals surface area contributed by atoms with Gasteiger partial charge in [-0.1, -0.05) is 131 Å². The lowest BCUT2D eigenvalue weighted by atomic mass is 9.68. The zero-order valence-electron chi connectivity index (χ0n) is 35.5. The third-order valence-corrected chi connectivity index (χ3v) is 11.3. The van der Waals surface area contributed by atoms with Crippen molar-refractivity contribution in [1.29, 1.82) is 0 Å². The minimum atomic E-state index is -0.194. The van der Waals surface area contributed by atoms with Crippen LogP contribution in [-0.2, 0) is 23.9 Å². The van der Waals surface area contributed by atoms with Gasteiger partial charge in [-0.15, -0.1) is 0 Å². The zero-order valence-corrected chi connectivity index (χ0v) is 35.5. The first-order valence-corrected chi connectivity index (χ1v) is 21.6. The monoisotopic (exact) mass is 721 g/mol. The van der Waals surface area contributed by atoms with Crippen molar-refractivity contribution in [1.82, 2.24) is 9.96 Å². The summed E-state index contributed by atoms with van der Waals surface area (Å²) in [6.45, 7) is 25.6. The number of unbranched alkanes of at least 4 members (excludes halogenated alkanes) is 15. The van der Waals surface area contributed by atoms with Gasteiger partial charge in [0.15, 0.2) is 0 Å². The van der Waals surface area contributed by atoms with Crippen LogP contribution in [-0.4, -0.2) is 71.4 Å². The first-order valence-electron chi connectivity index (χ1n) is 21.6. The maximum atomic E-state index is 13.3. The van der Waals surface area contributed by atoms with Gasteiger partial charge in [-0.05, 0) is 53.4 Å². The molecular weight excluding hydrogens is 636 g/mol. The van der Waals surface area contributed by atoms with Crippen molar-refractivity contribution in [3.8, 4) is 0 Å². The molecule has 0 N–H and O–H groups in total. The molecule has 2 aliphatic rings. The number of piperidine rings is 2. The van der Waals surface area contributed by atoms with E-state index in [0.717, 1.165) is 90.5 Å². The van der Waals surface area contributed by atoms with Gasteiger partial charge in [0.2, 0.25) is 5.91 Å². The molecule has 7 heteroatoms. The molecule has 300 valence electrons. The van der Waals surface area contributed by atoms with Gasteiger partial charge < -0.3 is 14.4 Å². The molecule has 51 heavy (non-hydrogen) atoms. The summed E-state index contributed by atoms with van der Waals surface area (Å²) in [7, 11) is 0. The molecule has 0 aromatic rings. The van der Waals surface area contributed by atoms with Gasteiger partial charge in [-0.2, -0.15) is 5.06 Å². The first kappa shape index (κ1) is 46.0. The Balaban J connectivity index is 1.60. The van der Waals surface area contributed by atoms with E-state index >= 15 is 0 Å². The smallest absolute Gasteiger partial charge is 0.306 e. The number of ether oxygens (including phenoxy) is 2. The number of nitrogens with zero attached hydrogens (tertiary/aromatic N) is 2. The largest absolute Gasteiger partial charge is 0.462 e. The predicted molar refractivity (Wildman–Crippen MR) is 213 cm³/mol. The third kappa shape index (κ3) is 16.8. The lowest BCUT2D eigenvalue weighted by molar-refractivity contribution is -0.293. The van der Waals surface area contributed by atoms with Crippen LogP contribution in [0, 0.1) is 10.8 Å². The Morgan fingerprint density at radius 1 is 0.569 bits per heavy atom. The van der Waals surface area contributed by atoms with Gasteiger partial charge in [0.1, 0.15) is 6.10 Å². The number of hydrogen-bond acceptors (Lipinski definition) is 6. The molecule has 0 aliphatic carbocycles. The fourth-order valence-electron chi connectivity index (χ4n) is 9.27. The van der Waals surface area contributed by atoms with E-state index in [4.69, 9.17) is 14.3 Å². The highest BCUT2D eigenvalue weighted by Crippen LogP contribution is 2.43. The molecule has 7 nitrogen and oxygen atoms in total. The van der Waals surface area contributed by atoms with E-state index < -0.39 is 0 Å². The van der Waals surface area contributed by atoms with Crippen molar-refractivity contribution >= 4 is 11.9 Å². The van der Waals surface area contributed by atoms with Crippen LogP contribution in [0.5, 0.6) is 0 Å². The van der Waals surface area contributed by atoms with Crippen LogP contribution < -0.4 is 0 Å². The molecule has 2 saturated heterocycles. The average Bonchev–Trinajstić information content (AvgIpc) is 3.02. The predicted octanol–water partition coefficient (Wildman–Crippen LogP) is 11.6. The molecule has 2 heterocycles. The minimum absolute atomic E-state index is 0.0636. The summed E-state index contributed by atoms with van der Waals surface area (Å²) in [5.41, 5.74) is -0.515. The molecule has 2 fully saturated rings. The quantitative estimate of drug-likeness (QED) is 0.0654. The summed E-state index contributed by atoms with van der Waals surface area (Å²) in [5.74, 6) is 0.218. The topological polar surface area (TPSA) is 68.3 Å². The highest BCUT2D eigenvalue weighted by atomic mass is 16.7. The van der Waals surface area contributed by atoms with E-state index in [1.165, 1.54) is 64.2 Å². The number of hydrogen-bond donors (Lipinski definition) is 0. The highest BCUT2D eigenvalue weighted by molar-refractivity contribution is 5.76. The van der Waals surface area contributed by atoms with Crippen molar-refractivity contribution in [2.45, 2.75) is 234 Å². The summed E-state index contributed by atoms with van der Waals surface area (Å²) >= 11 is 0. The van der Waals surface area contributed by atoms with E-state index in [1.807, 2.05) is 0 Å². The molecule has 0 bridgehead atoms. The van der Waals surface area contributed by atoms with Crippen LogP contribution in [0.3, 0.4) is 0 Å². The second-order valence-corrected chi connectivity index (χ2v) is 18.9. The fourth-order valence-corrected chi connectivity index (χ4v) is 9.27. The number of amides is 1. The third-order valence-electron chi connectivity index (χ3n) is 11.3. The Bertz CT molecular complexity index is 941. The minimum Gasteiger partial charge on any atom is -0.462 e. The van der Waals surface area contributed by atoms with Crippen molar-refractivity contribution in [3.63, 3.8) is 0 Å². The summed E-state index contributed by atoms with van der Waals surface area (Å²) in [5, 5.41) is 2.18. The van der Waals surface area contributed by atoms with E-state index in [-0.39, 0.29) is 46.0 Å². The van der Waals surface area contributed by atoms with Crippen LogP contribution in [0.4, 0.5) is 0 Å². The van der Waals surface area contributed by atoms with Gasteiger partial charge in [-0.3, -0.25) is 14.4 Å². The zero-order chi connectivity index (χ0) is 38.0. The Hall–Kier alpha value is -1.18. The molecule has 2 rings (SSSR count). The molecule has 0 aromatic carbocycles. The van der Waals surface area contributed by atoms with Crippen LogP contribution in [0.2, 0.25) is 0 Å². The fraction of sp³-hybridized carbons (Fsp3) is 0.955. The van der Waals surface area contributed by atoms with Gasteiger partial charge in [0.25, 0.3) is 0 Å². The standard InChI is InChI=1S/C44H84N2O5/c1-11-13-15-17-23-27-31-49-40-41(3,4)35-45(36-42(40,5)6)38(47)29-25-21-19-20-22-26-30-39(48)51-37-33-43(7,8)46(44(9,10)34-37)50-32-28-24-18-16-14-12-2/h37,40H,11-36H2,1-10H3. The van der Waals surface area contributed by atoms with Gasteiger partial charge in [-0.25, -0.2) is 0 Å². The number of carbonyl (C=O) groups excluding carboxylic acids is 2. The molecule has 0 unspecified atom stereocenters. The lowest BCUT2D eigenvalue weighted by Gasteiger charge is -2.53. The number of hydroxylamine groups is 2. The van der Waals surface area contributed by atoms with Crippen molar-refractivity contribution in [3.05, 3.63) is 0 Å². The highest BCUT2D eigenvalue weighted by Gasteiger charge is 2.49. The SMILES string of the molecule is CCCCCCCCOC1C(C)(C)CN(C(=O)CCCCCCCCC(=O)OC2CC(C)(C)N(OCCCCCCCC)C(C)(C)C2)CC1(C)C. The Labute approximate surface area is 316 Å². The first-order chi connectivity index (χ1) is 24.1. The molecule has 0 atom stereocenters. The van der Waals surface area contributed by atoms with Crippen molar-refractivity contribution < 1.29 is 23.9 Å². The van der Waals surface area contributed by atoms with Gasteiger partial charge >= 0.3 is 5.97 Å². The molecular formula is C44H84N2O5. The number of esters is 1. The van der Waals surface area contributed by atoms with Crippen LogP contribution in [0.25, 0.3) is 0 Å². The van der Waals surface area contributed by atoms with Crippen LogP contribution >= 0.6 is 0 Å². The molecule has 0 spiro atoms. The number of rotatable bonds is 26. The van der Waals surface area contributed by atoms with Crippen molar-refractivity contribution in [2.24, 2.45) is 10.8 Å². The van der Waals surface area contributed by atoms with E-state index in [0.29, 0.717) is 12.8 Å². The molecule has 1 amide bonds. The van der Waals surface area contributed by atoms with Gasteiger partial charge in [0.05, 0.1) is 12.7 Å². The average molecular weight is 721 g/mol. The molecule has 0 aromatic heterocycles. The maximum absolute atomic E-state index is 13.3. The Morgan fingerprint density at radius 3 is 1.51 bits per heavy atom. The second kappa shape index (κ2) is 22.9. The Kier molecular flexibility index (Phi) is 20.6. The number of carbonyl (C=O) groups is 2. The maximum Gasteiger partial charge on any atom is 0.306 e.